The van der Waals surface area contributed by atoms with E-state index in [-0.39, 0.29) is 12.3 Å². The molecule has 2 N–H and O–H groups in total. The molecule has 10 nitrogen and oxygen atoms in total. The lowest BCUT2D eigenvalue weighted by Gasteiger charge is -2.11. The molecular formula is C19H17N5O5. The van der Waals surface area contributed by atoms with Crippen LogP contribution >= 0.6 is 0 Å². The van der Waals surface area contributed by atoms with Crippen LogP contribution in [0.25, 0.3) is 0 Å². The zero-order valence-corrected chi connectivity index (χ0v) is 15.4. The standard InChI is InChI=1S/C19H17N5O5/c1-28-18-7-2-13(11-21-23-19(25)17-8-9-20-22-17)10-14(18)12-29-16-5-3-15(4-6-16)24(26)27/h2-11H,12H2,1H3,(H,20,22)(H,23,25)/b21-11+. The van der Waals surface area contributed by atoms with E-state index in [2.05, 4.69) is 20.7 Å². The molecule has 10 heteroatoms. The van der Waals surface area contributed by atoms with E-state index in [0.717, 1.165) is 11.1 Å². The molecule has 0 atom stereocenters. The van der Waals surface area contributed by atoms with Gasteiger partial charge in [0, 0.05) is 23.9 Å². The molecule has 0 aliphatic rings. The predicted octanol–water partition coefficient (Wildman–Crippen LogP) is 2.67. The Morgan fingerprint density at radius 1 is 1.28 bits per heavy atom. The Labute approximate surface area is 165 Å². The zero-order chi connectivity index (χ0) is 20.6. The maximum Gasteiger partial charge on any atom is 0.289 e. The lowest BCUT2D eigenvalue weighted by atomic mass is 10.1. The molecule has 0 aliphatic carbocycles. The maximum absolute atomic E-state index is 11.8. The number of nitro benzene ring substituents is 1. The minimum absolute atomic E-state index is 0.00897. The highest BCUT2D eigenvalue weighted by Crippen LogP contribution is 2.23. The molecule has 0 bridgehead atoms. The van der Waals surface area contributed by atoms with Crippen molar-refractivity contribution in [1.82, 2.24) is 15.6 Å². The van der Waals surface area contributed by atoms with Gasteiger partial charge in [0.15, 0.2) is 0 Å². The number of amides is 1. The molecule has 29 heavy (non-hydrogen) atoms. The third kappa shape index (κ3) is 5.16. The highest BCUT2D eigenvalue weighted by Gasteiger charge is 2.08. The maximum atomic E-state index is 11.8. The average Bonchev–Trinajstić information content (AvgIpc) is 3.27. The number of aromatic nitrogens is 2. The van der Waals surface area contributed by atoms with Gasteiger partial charge in [-0.1, -0.05) is 0 Å². The number of hydrazone groups is 1. The number of ether oxygens (including phenoxy) is 2. The zero-order valence-electron chi connectivity index (χ0n) is 15.4. The highest BCUT2D eigenvalue weighted by molar-refractivity contribution is 5.93. The van der Waals surface area contributed by atoms with Crippen LogP contribution in [0.15, 0.2) is 59.8 Å². The molecule has 1 amide bonds. The van der Waals surface area contributed by atoms with Crippen molar-refractivity contribution in [1.29, 1.82) is 0 Å². The van der Waals surface area contributed by atoms with E-state index >= 15 is 0 Å². The SMILES string of the molecule is COc1ccc(/C=N/NC(=O)c2ccn[nH]2)cc1COc1ccc([N+](=O)[O-])cc1. The van der Waals surface area contributed by atoms with Crippen molar-refractivity contribution >= 4 is 17.8 Å². The number of H-pyrrole nitrogens is 1. The molecule has 0 saturated carbocycles. The lowest BCUT2D eigenvalue weighted by Crippen LogP contribution is -2.18. The van der Waals surface area contributed by atoms with Crippen molar-refractivity contribution < 1.29 is 19.2 Å². The first-order valence-corrected chi connectivity index (χ1v) is 8.44. The van der Waals surface area contributed by atoms with Crippen molar-refractivity contribution in [2.45, 2.75) is 6.61 Å². The van der Waals surface area contributed by atoms with Gasteiger partial charge in [-0.3, -0.25) is 20.0 Å². The van der Waals surface area contributed by atoms with Gasteiger partial charge in [0.05, 0.1) is 18.2 Å². The molecule has 0 radical (unpaired) electrons. The molecule has 0 saturated heterocycles. The van der Waals surface area contributed by atoms with Crippen molar-refractivity contribution in [3.05, 3.63) is 81.7 Å². The molecule has 2 aromatic carbocycles. The minimum atomic E-state index is -0.471. The van der Waals surface area contributed by atoms with Crippen LogP contribution < -0.4 is 14.9 Å². The summed E-state index contributed by atoms with van der Waals surface area (Å²) in [6.45, 7) is 0.184. The fourth-order valence-corrected chi connectivity index (χ4v) is 2.42. The summed E-state index contributed by atoms with van der Waals surface area (Å²) in [6, 6.07) is 12.7. The Morgan fingerprint density at radius 2 is 2.07 bits per heavy atom. The second-order valence-corrected chi connectivity index (χ2v) is 5.78. The molecule has 3 rings (SSSR count). The summed E-state index contributed by atoms with van der Waals surface area (Å²) in [5.74, 6) is 0.697. The first-order valence-electron chi connectivity index (χ1n) is 8.44. The number of nitrogens with one attached hydrogen (secondary N) is 2. The molecule has 3 aromatic rings. The van der Waals surface area contributed by atoms with E-state index in [0.29, 0.717) is 17.2 Å². The van der Waals surface area contributed by atoms with E-state index < -0.39 is 10.8 Å². The molecule has 1 heterocycles. The lowest BCUT2D eigenvalue weighted by molar-refractivity contribution is -0.384. The van der Waals surface area contributed by atoms with Gasteiger partial charge in [-0.05, 0) is 42.0 Å². The number of benzene rings is 2. The van der Waals surface area contributed by atoms with Crippen LogP contribution in [0.3, 0.4) is 0 Å². The van der Waals surface area contributed by atoms with Crippen LogP contribution in [0.2, 0.25) is 0 Å². The number of carbonyl (C=O) groups is 1. The van der Waals surface area contributed by atoms with Gasteiger partial charge in [0.2, 0.25) is 0 Å². The third-order valence-corrected chi connectivity index (χ3v) is 3.87. The van der Waals surface area contributed by atoms with Crippen LogP contribution in [0.5, 0.6) is 11.5 Å². The van der Waals surface area contributed by atoms with Gasteiger partial charge in [-0.15, -0.1) is 0 Å². The number of hydrogen-bond donors (Lipinski definition) is 2. The molecule has 0 spiro atoms. The largest absolute Gasteiger partial charge is 0.496 e. The number of nitrogens with zero attached hydrogens (tertiary/aromatic N) is 3. The fraction of sp³-hybridized carbons (Fsp3) is 0.105. The third-order valence-electron chi connectivity index (χ3n) is 3.87. The summed E-state index contributed by atoms with van der Waals surface area (Å²) in [6.07, 6.45) is 2.96. The average molecular weight is 395 g/mol. The normalized spacial score (nSPS) is 10.7. The van der Waals surface area contributed by atoms with Crippen molar-refractivity contribution in [2.24, 2.45) is 5.10 Å². The first-order chi connectivity index (χ1) is 14.1. The molecule has 0 unspecified atom stereocenters. The van der Waals surface area contributed by atoms with E-state index in [1.54, 1.807) is 25.3 Å². The second-order valence-electron chi connectivity index (χ2n) is 5.78. The van der Waals surface area contributed by atoms with Crippen LogP contribution in [0.1, 0.15) is 21.6 Å². The molecular weight excluding hydrogens is 378 g/mol. The van der Waals surface area contributed by atoms with Crippen molar-refractivity contribution in [3.8, 4) is 11.5 Å². The van der Waals surface area contributed by atoms with Crippen molar-refractivity contribution in [2.75, 3.05) is 7.11 Å². The predicted molar refractivity (Wildman–Crippen MR) is 104 cm³/mol. The Morgan fingerprint density at radius 3 is 2.72 bits per heavy atom. The smallest absolute Gasteiger partial charge is 0.289 e. The van der Waals surface area contributed by atoms with Gasteiger partial charge in [0.25, 0.3) is 11.6 Å². The summed E-state index contributed by atoms with van der Waals surface area (Å²) < 4.78 is 11.0. The van der Waals surface area contributed by atoms with Gasteiger partial charge >= 0.3 is 0 Å². The fourth-order valence-electron chi connectivity index (χ4n) is 2.42. The van der Waals surface area contributed by atoms with Crippen LogP contribution in [-0.4, -0.2) is 34.4 Å². The van der Waals surface area contributed by atoms with Crippen LogP contribution in [0.4, 0.5) is 5.69 Å². The summed E-state index contributed by atoms with van der Waals surface area (Å²) in [7, 11) is 1.54. The Kier molecular flexibility index (Phi) is 6.15. The monoisotopic (exact) mass is 395 g/mol. The Bertz CT molecular complexity index is 1020. The van der Waals surface area contributed by atoms with Gasteiger partial charge in [-0.2, -0.15) is 10.2 Å². The molecule has 0 aliphatic heterocycles. The van der Waals surface area contributed by atoms with E-state index in [1.807, 2.05) is 0 Å². The van der Waals surface area contributed by atoms with Gasteiger partial charge < -0.3 is 9.47 Å². The van der Waals surface area contributed by atoms with Gasteiger partial charge in [0.1, 0.15) is 23.8 Å². The summed E-state index contributed by atoms with van der Waals surface area (Å²) in [5.41, 5.74) is 4.15. The highest BCUT2D eigenvalue weighted by atomic mass is 16.6. The van der Waals surface area contributed by atoms with Crippen LogP contribution in [0, 0.1) is 10.1 Å². The summed E-state index contributed by atoms with van der Waals surface area (Å²) in [4.78, 5) is 22.1. The Balaban J connectivity index is 1.65. The number of aromatic amines is 1. The number of hydrogen-bond acceptors (Lipinski definition) is 7. The number of non-ortho nitro benzene ring substituents is 1. The van der Waals surface area contributed by atoms with E-state index in [4.69, 9.17) is 9.47 Å². The minimum Gasteiger partial charge on any atom is -0.496 e. The topological polar surface area (TPSA) is 132 Å². The quantitative estimate of drug-likeness (QED) is 0.342. The van der Waals surface area contributed by atoms with Gasteiger partial charge in [-0.25, -0.2) is 5.43 Å². The Hall–Kier alpha value is -4.21. The summed E-state index contributed by atoms with van der Waals surface area (Å²) >= 11 is 0. The molecule has 148 valence electrons. The van der Waals surface area contributed by atoms with Crippen LogP contribution in [-0.2, 0) is 6.61 Å². The van der Waals surface area contributed by atoms with E-state index in [1.165, 1.54) is 42.7 Å². The number of methoxy groups -OCH3 is 1. The van der Waals surface area contributed by atoms with E-state index in [9.17, 15) is 14.9 Å². The number of carbonyl (C=O) groups excluding carboxylic acids is 1. The second kappa shape index (κ2) is 9.13. The molecule has 0 fully saturated rings. The van der Waals surface area contributed by atoms with Crippen molar-refractivity contribution in [3.63, 3.8) is 0 Å². The first kappa shape index (κ1) is 19.5. The molecule has 1 aromatic heterocycles. The number of rotatable bonds is 8. The number of nitro groups is 1. The summed E-state index contributed by atoms with van der Waals surface area (Å²) in [5, 5.41) is 20.9.